The Balaban J connectivity index is 0.00000160. The summed E-state index contributed by atoms with van der Waals surface area (Å²) in [6, 6.07) is 18.8. The van der Waals surface area contributed by atoms with Crippen molar-refractivity contribution in [3.05, 3.63) is 108 Å². The number of likely N-dealkylation sites (tertiary alicyclic amines) is 2. The molecule has 442 valence electrons. The molecule has 18 heteroatoms. The average Bonchev–Trinajstić information content (AvgIpc) is 3.81. The van der Waals surface area contributed by atoms with Crippen LogP contribution in [0.5, 0.6) is 5.75 Å². The predicted molar refractivity (Wildman–Crippen MR) is 330 cm³/mol. The van der Waals surface area contributed by atoms with E-state index in [2.05, 4.69) is 88.1 Å². The number of thiazole rings is 1. The van der Waals surface area contributed by atoms with Crippen molar-refractivity contribution in [2.75, 3.05) is 69.6 Å². The lowest BCUT2D eigenvalue weighted by molar-refractivity contribution is -0.141. The van der Waals surface area contributed by atoms with Crippen molar-refractivity contribution in [2.24, 2.45) is 17.3 Å². The lowest BCUT2D eigenvalue weighted by Crippen LogP contribution is -2.58. The van der Waals surface area contributed by atoms with Crippen molar-refractivity contribution in [1.82, 2.24) is 50.1 Å². The van der Waals surface area contributed by atoms with Crippen LogP contribution >= 0.6 is 11.3 Å². The van der Waals surface area contributed by atoms with Crippen LogP contribution in [0.1, 0.15) is 135 Å². The third-order valence-electron chi connectivity index (χ3n) is 17.5. The molecule has 17 nitrogen and oxygen atoms in total. The molecular formula is C65H86N12O5S. The summed E-state index contributed by atoms with van der Waals surface area (Å²) in [4.78, 5) is 43.1. The van der Waals surface area contributed by atoms with Crippen LogP contribution in [0.25, 0.3) is 32.8 Å². The molecule has 0 bridgehead atoms. The number of aromatic hydroxyl groups is 1. The van der Waals surface area contributed by atoms with Gasteiger partial charge in [0, 0.05) is 74.3 Å². The highest BCUT2D eigenvalue weighted by Gasteiger charge is 2.48. The number of hydrogen-bond donors (Lipinski definition) is 3. The molecule has 1 aliphatic carbocycles. The van der Waals surface area contributed by atoms with E-state index in [-0.39, 0.29) is 47.5 Å². The fraction of sp³-hybridized carbons (Fsp3) is 0.523. The van der Waals surface area contributed by atoms with Crippen LogP contribution in [-0.4, -0.2) is 139 Å². The zero-order valence-electron chi connectivity index (χ0n) is 50.0. The molecule has 5 atom stereocenters. The second-order valence-corrected chi connectivity index (χ2v) is 24.2. The summed E-state index contributed by atoms with van der Waals surface area (Å²) in [5.41, 5.74) is 14.3. The second kappa shape index (κ2) is 27.7. The van der Waals surface area contributed by atoms with E-state index in [0.29, 0.717) is 59.5 Å². The summed E-state index contributed by atoms with van der Waals surface area (Å²) in [6.07, 6.45) is 13.9. The van der Waals surface area contributed by atoms with Crippen molar-refractivity contribution >= 4 is 34.8 Å². The van der Waals surface area contributed by atoms with Crippen LogP contribution in [0.15, 0.2) is 95.7 Å². The molecule has 83 heavy (non-hydrogen) atoms. The lowest BCUT2D eigenvalue weighted by Gasteiger charge is -2.56. The smallest absolute Gasteiger partial charge is 0.243 e. The Labute approximate surface area is 495 Å². The molecule has 0 radical (unpaired) electrons. The number of ether oxygens (including phenoxy) is 1. The molecule has 2 amide bonds. The van der Waals surface area contributed by atoms with Crippen molar-refractivity contribution in [3.63, 3.8) is 0 Å². The van der Waals surface area contributed by atoms with Gasteiger partial charge in [-0.15, -0.1) is 28.1 Å². The van der Waals surface area contributed by atoms with E-state index in [4.69, 9.17) is 15.0 Å². The number of carbonyl (C=O) groups is 2. The van der Waals surface area contributed by atoms with Gasteiger partial charge in [0.2, 0.25) is 11.8 Å². The maximum atomic E-state index is 14.4. The summed E-state index contributed by atoms with van der Waals surface area (Å²) in [7, 11) is 0. The van der Waals surface area contributed by atoms with E-state index in [0.717, 1.165) is 98.2 Å². The number of para-hydroxylation sites is 1. The number of hydrogen-bond acceptors (Lipinski definition) is 15. The van der Waals surface area contributed by atoms with Gasteiger partial charge >= 0.3 is 0 Å². The molecule has 6 aromatic rings. The van der Waals surface area contributed by atoms with Crippen LogP contribution < -0.4 is 16.0 Å². The second-order valence-electron chi connectivity index (χ2n) is 23.4. The number of rotatable bonds is 14. The molecule has 5 aliphatic rings. The maximum absolute atomic E-state index is 14.4. The van der Waals surface area contributed by atoms with Crippen LogP contribution in [0.3, 0.4) is 0 Å². The number of nitrogens with two attached hydrogens (primary N) is 1. The Hall–Kier alpha value is -6.91. The van der Waals surface area contributed by atoms with E-state index in [1.165, 1.54) is 25.7 Å². The first-order valence-corrected chi connectivity index (χ1v) is 31.0. The number of nitrogens with zero attached hydrogens (tertiary/aromatic N) is 10. The normalized spacial score (nSPS) is 20.4. The monoisotopic (exact) mass is 1150 g/mol. The Morgan fingerprint density at radius 3 is 2.39 bits per heavy atom. The Morgan fingerprint density at radius 1 is 0.952 bits per heavy atom. The minimum Gasteiger partial charge on any atom is -0.507 e. The fourth-order valence-electron chi connectivity index (χ4n) is 12.7. The number of phenols is 1. The van der Waals surface area contributed by atoms with Gasteiger partial charge < -0.3 is 40.1 Å². The summed E-state index contributed by atoms with van der Waals surface area (Å²) in [5, 5.41) is 31.1. The summed E-state index contributed by atoms with van der Waals surface area (Å²) < 4.78 is 14.0. The van der Waals surface area contributed by atoms with Gasteiger partial charge in [-0.2, -0.15) is 5.10 Å². The highest BCUT2D eigenvalue weighted by Crippen LogP contribution is 2.51. The Kier molecular flexibility index (Phi) is 20.2. The van der Waals surface area contributed by atoms with Crippen LogP contribution in [-0.2, 0) is 14.3 Å². The minimum absolute atomic E-state index is 0.0344. The molecule has 11 rings (SSSR count). The number of nitrogen functional groups attached to an aromatic ring is 1. The first-order chi connectivity index (χ1) is 40.2. The van der Waals surface area contributed by atoms with Gasteiger partial charge in [0.05, 0.1) is 40.6 Å². The number of anilines is 2. The first-order valence-electron chi connectivity index (χ1n) is 30.1. The molecule has 4 aromatic heterocycles. The number of allylic oxidation sites excluding steroid dienone is 1. The van der Waals surface area contributed by atoms with Gasteiger partial charge in [0.25, 0.3) is 0 Å². The number of amides is 2. The minimum atomic E-state index is -0.525. The van der Waals surface area contributed by atoms with Crippen molar-refractivity contribution in [3.8, 4) is 50.4 Å². The summed E-state index contributed by atoms with van der Waals surface area (Å²) in [6.45, 7) is 27.7. The van der Waals surface area contributed by atoms with Crippen molar-refractivity contribution in [1.29, 1.82) is 0 Å². The van der Waals surface area contributed by atoms with Gasteiger partial charge in [0.15, 0.2) is 17.4 Å². The first kappa shape index (κ1) is 60.7. The third-order valence-corrected chi connectivity index (χ3v) is 18.4. The molecule has 8 heterocycles. The highest BCUT2D eigenvalue weighted by molar-refractivity contribution is 7.13. The number of piperidine rings is 2. The number of benzene rings is 2. The Bertz CT molecular complexity index is 3170. The predicted octanol–water partition coefficient (Wildman–Crippen LogP) is 11.0. The maximum Gasteiger partial charge on any atom is 0.243 e. The summed E-state index contributed by atoms with van der Waals surface area (Å²) >= 11 is 1.63. The fourth-order valence-corrected chi connectivity index (χ4v) is 13.5. The van der Waals surface area contributed by atoms with Crippen LogP contribution in [0, 0.1) is 36.0 Å². The number of nitrogens with one attached hydrogen (secondary N) is 1. The number of carbonyl (C=O) groups excluding carboxylic acids is 2. The van der Waals surface area contributed by atoms with Crippen molar-refractivity contribution < 1.29 is 24.0 Å². The Morgan fingerprint density at radius 2 is 1.69 bits per heavy atom. The lowest BCUT2D eigenvalue weighted by atomic mass is 9.60. The zero-order chi connectivity index (χ0) is 58.8. The molecule has 5 fully saturated rings. The summed E-state index contributed by atoms with van der Waals surface area (Å²) in [5.74, 6) is 8.50. The molecule has 4 N–H and O–H groups in total. The van der Waals surface area contributed by atoms with Gasteiger partial charge in [0.1, 0.15) is 29.9 Å². The van der Waals surface area contributed by atoms with Gasteiger partial charge in [-0.1, -0.05) is 87.2 Å². The standard InChI is InChI=1S/C60H74N12O5S.C3H6.C2H6/c1-38(2)55(59(75)71-22-8-10-51(71)58(74)64-40(4)43-13-15-44(16-14-43)56-41(5)62-37-78-56)53-30-54(67-77-53)69-23-18-42(19-24-69)34-68-25-20-60(21-26-68)31-46(32-60)70-27-28-76-47(36-70)17-12-39(3)72-35-45(33-63-72)49-29-50(65-66-57(49)61)48-9-6-7-11-52(48)73;1-3-2;1-2/h6-7,9,11,13-16,29-30,33,35,37-40,42,46-47,51,55,73H,8,10,18-28,31-32,34,36H2,1-5H3,(H2,61,66)(H,64,74);3H,1H2,2H3;1-2H3. The molecule has 1 saturated carbocycles. The van der Waals surface area contributed by atoms with Crippen molar-refractivity contribution in [2.45, 2.75) is 143 Å². The van der Waals surface area contributed by atoms with E-state index in [1.807, 2.05) is 90.0 Å². The molecule has 5 unspecified atom stereocenters. The topological polar surface area (TPSA) is 197 Å². The molecule has 4 saturated heterocycles. The number of aryl methyl sites for hydroxylation is 1. The molecule has 4 aliphatic heterocycles. The molecule has 2 aromatic carbocycles. The van der Waals surface area contributed by atoms with Gasteiger partial charge in [-0.05, 0) is 139 Å². The third kappa shape index (κ3) is 14.2. The van der Waals surface area contributed by atoms with E-state index in [9.17, 15) is 14.7 Å². The SMILES string of the molecule is C=CC.CC.Cc1ncsc1-c1ccc(C(C)NC(=O)C2CCCN2C(=O)C(c2cc(N3CCC(CN4CCC5(CC4)CC(N4CCOC(C#CC(C)n6cc(-c7cc(-c8ccccc8O)nnc7N)cn6)C4)C5)CC3)no2)C(C)C)cc1. The number of phenolic OH excluding ortho intramolecular Hbond substituents is 1. The van der Waals surface area contributed by atoms with Crippen LogP contribution in [0.4, 0.5) is 11.6 Å². The number of morpholine rings is 1. The number of aromatic nitrogens is 6. The van der Waals surface area contributed by atoms with Crippen LogP contribution in [0.2, 0.25) is 0 Å². The van der Waals surface area contributed by atoms with E-state index >= 15 is 0 Å². The van der Waals surface area contributed by atoms with Gasteiger partial charge in [-0.25, -0.2) is 4.98 Å². The highest BCUT2D eigenvalue weighted by atomic mass is 32.1. The zero-order valence-corrected chi connectivity index (χ0v) is 50.8. The van der Waals surface area contributed by atoms with Gasteiger partial charge in [-0.3, -0.25) is 19.2 Å². The average molecular weight is 1150 g/mol. The molecule has 1 spiro atoms. The van der Waals surface area contributed by atoms with E-state index < -0.39 is 12.0 Å². The van der Waals surface area contributed by atoms with E-state index in [1.54, 1.807) is 46.7 Å². The quantitative estimate of drug-likeness (QED) is 0.0688. The molecular weight excluding hydrogens is 1060 g/mol. The largest absolute Gasteiger partial charge is 0.507 e.